The number of benzene rings is 1. The lowest BCUT2D eigenvalue weighted by molar-refractivity contribution is -0.873. The van der Waals surface area contributed by atoms with Crippen molar-refractivity contribution < 1.29 is 42.4 Å². The Balaban J connectivity index is 2.31. The van der Waals surface area contributed by atoms with E-state index in [-0.39, 0.29) is 19.6 Å². The Morgan fingerprint density at radius 3 is 2.12 bits per heavy atom. The molecule has 0 fully saturated rings. The minimum atomic E-state index is -4.35. The Morgan fingerprint density at radius 1 is 1.00 bits per heavy atom. The van der Waals surface area contributed by atoms with Gasteiger partial charge in [-0.15, -0.1) is 0 Å². The van der Waals surface area contributed by atoms with Crippen LogP contribution in [0.1, 0.15) is 51.9 Å². The maximum Gasteiger partial charge on any atom is 0.472 e. The van der Waals surface area contributed by atoms with Crippen molar-refractivity contribution in [1.29, 1.82) is 0 Å². The Hall–Kier alpha value is -1.64. The van der Waals surface area contributed by atoms with Gasteiger partial charge in [0.15, 0.2) is 0 Å². The van der Waals surface area contributed by atoms with Gasteiger partial charge in [0.05, 0.1) is 47.4 Å². The normalized spacial score (nSPS) is 14.5. The lowest BCUT2D eigenvalue weighted by atomic mass is 10.2. The molecule has 1 unspecified atom stereocenters. The van der Waals surface area contributed by atoms with Crippen LogP contribution in [0.3, 0.4) is 0 Å². The summed E-state index contributed by atoms with van der Waals surface area (Å²) in [6.07, 6.45) is 4.40. The molecule has 0 aromatic heterocycles. The molecule has 190 valence electrons. The molecular formula is C23H41NO8P+. The maximum atomic E-state index is 12.2. The zero-order valence-electron chi connectivity index (χ0n) is 20.4. The summed E-state index contributed by atoms with van der Waals surface area (Å²) in [5.74, 6) is 0.377. The summed E-state index contributed by atoms with van der Waals surface area (Å²) in [6.45, 7) is 3.54. The molecule has 0 aliphatic heterocycles. The third-order valence-corrected chi connectivity index (χ3v) is 5.64. The van der Waals surface area contributed by atoms with Crippen LogP contribution in [0.15, 0.2) is 24.3 Å². The monoisotopic (exact) mass is 490 g/mol. The number of ether oxygens (including phenoxy) is 2. The first-order chi connectivity index (χ1) is 15.5. The molecule has 10 heteroatoms. The molecule has 0 saturated carbocycles. The molecule has 1 aromatic rings. The highest BCUT2D eigenvalue weighted by molar-refractivity contribution is 7.47. The molecule has 0 saturated heterocycles. The van der Waals surface area contributed by atoms with Gasteiger partial charge in [-0.25, -0.2) is 4.57 Å². The van der Waals surface area contributed by atoms with Crippen molar-refractivity contribution in [2.75, 3.05) is 47.5 Å². The highest BCUT2D eigenvalue weighted by Gasteiger charge is 2.31. The van der Waals surface area contributed by atoms with Gasteiger partial charge in [-0.1, -0.05) is 32.3 Å². The highest BCUT2D eigenvalue weighted by Crippen LogP contribution is 2.45. The summed E-state index contributed by atoms with van der Waals surface area (Å²) >= 11 is 0. The van der Waals surface area contributed by atoms with Crippen LogP contribution in [-0.4, -0.2) is 74.1 Å². The number of carbonyl (C=O) groups is 1. The zero-order valence-corrected chi connectivity index (χ0v) is 21.3. The molecule has 0 spiro atoms. The Morgan fingerprint density at radius 2 is 1.58 bits per heavy atom. The molecular weight excluding hydrogens is 449 g/mol. The molecule has 0 aliphatic carbocycles. The van der Waals surface area contributed by atoms with E-state index in [1.807, 2.05) is 45.4 Å². The summed E-state index contributed by atoms with van der Waals surface area (Å²) in [5, 5.41) is 9.01. The number of unbranched alkanes of at least 4 members (excludes halogenated alkanes) is 4. The van der Waals surface area contributed by atoms with Crippen LogP contribution >= 0.6 is 7.82 Å². The predicted octanol–water partition coefficient (Wildman–Crippen LogP) is 4.49. The maximum absolute atomic E-state index is 12.2. The van der Waals surface area contributed by atoms with Crippen LogP contribution in [0, 0.1) is 0 Å². The second-order valence-corrected chi connectivity index (χ2v) is 10.4. The van der Waals surface area contributed by atoms with Crippen LogP contribution in [0.2, 0.25) is 0 Å². The Labute approximate surface area is 197 Å². The van der Waals surface area contributed by atoms with E-state index >= 15 is 0 Å². The number of nitrogens with zero attached hydrogens (tertiary/aromatic N) is 1. The number of carboxylic acids is 1. The number of rotatable bonds is 19. The minimum absolute atomic E-state index is 0.00220. The molecule has 0 radical (unpaired) electrons. The molecule has 33 heavy (non-hydrogen) atoms. The Kier molecular flexibility index (Phi) is 13.6. The Bertz CT molecular complexity index is 737. The standard InChI is InChI=1S/C23H40NO8P/c1-5-6-7-8-14-29-20-12-11-13-21(17-20)30-15-9-10-16-31-33(27,28)32-22(18-23(25)26)19-24(2,3)4/h11-13,17,22H,5-10,14-16,18-19H2,1-4H3,(H-,25,26,27,28)/p+1/t22-/m1/s1. The number of aliphatic carboxylic acids is 1. The molecule has 2 atom stereocenters. The van der Waals surface area contributed by atoms with Crippen molar-refractivity contribution >= 4 is 13.8 Å². The molecule has 1 rings (SSSR count). The van der Waals surface area contributed by atoms with Crippen LogP contribution in [0.25, 0.3) is 0 Å². The van der Waals surface area contributed by atoms with Crippen molar-refractivity contribution in [3.63, 3.8) is 0 Å². The molecule has 0 heterocycles. The number of phosphoric acid groups is 1. The topological polar surface area (TPSA) is 112 Å². The SMILES string of the molecule is CCCCCCOc1cccc(OCCCCOP(=O)(O)O[C@H](CC(=O)O)C[N+](C)(C)C)c1. The average Bonchev–Trinajstić information content (AvgIpc) is 2.68. The number of hydrogen-bond acceptors (Lipinski definition) is 6. The zero-order chi connectivity index (χ0) is 24.7. The van der Waals surface area contributed by atoms with Gasteiger partial charge in [-0.2, -0.15) is 0 Å². The second-order valence-electron chi connectivity index (χ2n) is 9.04. The molecule has 1 aromatic carbocycles. The first-order valence-electron chi connectivity index (χ1n) is 11.5. The van der Waals surface area contributed by atoms with Crippen LogP contribution < -0.4 is 9.47 Å². The van der Waals surface area contributed by atoms with E-state index in [4.69, 9.17) is 23.6 Å². The average molecular weight is 491 g/mol. The highest BCUT2D eigenvalue weighted by atomic mass is 31.2. The number of carboxylic acid groups (broad SMARTS) is 1. The minimum Gasteiger partial charge on any atom is -0.493 e. The van der Waals surface area contributed by atoms with E-state index in [0.717, 1.165) is 18.6 Å². The van der Waals surface area contributed by atoms with Gasteiger partial charge in [-0.05, 0) is 31.4 Å². The van der Waals surface area contributed by atoms with Crippen molar-refractivity contribution in [2.24, 2.45) is 0 Å². The largest absolute Gasteiger partial charge is 0.493 e. The van der Waals surface area contributed by atoms with Crippen molar-refractivity contribution in [3.05, 3.63) is 24.3 Å². The van der Waals surface area contributed by atoms with E-state index in [2.05, 4.69) is 6.92 Å². The molecule has 0 aliphatic rings. The van der Waals surface area contributed by atoms with Crippen molar-refractivity contribution in [1.82, 2.24) is 0 Å². The smallest absolute Gasteiger partial charge is 0.472 e. The van der Waals surface area contributed by atoms with Crippen LogP contribution in [0.5, 0.6) is 11.5 Å². The summed E-state index contributed by atoms with van der Waals surface area (Å²) < 4.78 is 34.2. The van der Waals surface area contributed by atoms with Gasteiger partial charge in [-0.3, -0.25) is 13.8 Å². The van der Waals surface area contributed by atoms with E-state index < -0.39 is 19.9 Å². The van der Waals surface area contributed by atoms with Gasteiger partial charge >= 0.3 is 13.8 Å². The summed E-state index contributed by atoms with van der Waals surface area (Å²) in [4.78, 5) is 21.0. The summed E-state index contributed by atoms with van der Waals surface area (Å²) in [6, 6.07) is 7.48. The van der Waals surface area contributed by atoms with E-state index in [0.29, 0.717) is 36.3 Å². The fourth-order valence-corrected chi connectivity index (χ4v) is 4.04. The quantitative estimate of drug-likeness (QED) is 0.166. The third-order valence-electron chi connectivity index (χ3n) is 4.57. The van der Waals surface area contributed by atoms with E-state index in [9.17, 15) is 14.3 Å². The van der Waals surface area contributed by atoms with Crippen LogP contribution in [0.4, 0.5) is 0 Å². The van der Waals surface area contributed by atoms with Crippen molar-refractivity contribution in [2.45, 2.75) is 58.0 Å². The predicted molar refractivity (Wildman–Crippen MR) is 127 cm³/mol. The van der Waals surface area contributed by atoms with Gasteiger partial charge < -0.3 is 24.0 Å². The summed E-state index contributed by atoms with van der Waals surface area (Å²) in [7, 11) is 1.18. The van der Waals surface area contributed by atoms with Gasteiger partial charge in [0.1, 0.15) is 24.1 Å². The molecule has 0 bridgehead atoms. The van der Waals surface area contributed by atoms with Crippen molar-refractivity contribution in [3.8, 4) is 11.5 Å². The molecule has 2 N–H and O–H groups in total. The second kappa shape index (κ2) is 15.3. The molecule has 9 nitrogen and oxygen atoms in total. The van der Waals surface area contributed by atoms with Crippen LogP contribution in [-0.2, 0) is 18.4 Å². The lowest BCUT2D eigenvalue weighted by Crippen LogP contribution is -2.42. The molecule has 0 amide bonds. The first-order valence-corrected chi connectivity index (χ1v) is 13.0. The number of hydrogen-bond donors (Lipinski definition) is 2. The van der Waals surface area contributed by atoms with Gasteiger partial charge in [0, 0.05) is 6.07 Å². The fraction of sp³-hybridized carbons (Fsp3) is 0.696. The number of quaternary nitrogens is 1. The van der Waals surface area contributed by atoms with E-state index in [1.54, 1.807) is 0 Å². The third kappa shape index (κ3) is 15.8. The number of phosphoric ester groups is 1. The van der Waals surface area contributed by atoms with Gasteiger partial charge in [0.25, 0.3) is 0 Å². The van der Waals surface area contributed by atoms with E-state index in [1.165, 1.54) is 12.8 Å². The fourth-order valence-electron chi connectivity index (χ4n) is 3.11. The number of likely N-dealkylation sites (N-methyl/N-ethyl adjacent to an activating group) is 1. The summed E-state index contributed by atoms with van der Waals surface area (Å²) in [5.41, 5.74) is 0. The van der Waals surface area contributed by atoms with Gasteiger partial charge in [0.2, 0.25) is 0 Å². The first kappa shape index (κ1) is 29.4. The lowest BCUT2D eigenvalue weighted by Gasteiger charge is -2.29.